The molecule has 0 fully saturated rings. The van der Waals surface area contributed by atoms with Gasteiger partial charge in [0.1, 0.15) is 5.82 Å². The fraction of sp³-hybridized carbons (Fsp3) is 0.385. The van der Waals surface area contributed by atoms with Crippen LogP contribution in [0, 0.1) is 5.82 Å². The zero-order valence-electron chi connectivity index (χ0n) is 10.6. The Kier molecular flexibility index (Phi) is 4.06. The van der Waals surface area contributed by atoms with Crippen LogP contribution in [0.3, 0.4) is 0 Å². The lowest BCUT2D eigenvalue weighted by atomic mass is 9.89. The van der Waals surface area contributed by atoms with E-state index in [9.17, 15) is 19.1 Å². The topological polar surface area (TPSA) is 57.6 Å². The summed E-state index contributed by atoms with van der Waals surface area (Å²) >= 11 is 0. The van der Waals surface area contributed by atoms with Gasteiger partial charge in [0.25, 0.3) is 0 Å². The highest BCUT2D eigenvalue weighted by atomic mass is 19.1. The minimum Gasteiger partial charge on any atom is -0.479 e. The van der Waals surface area contributed by atoms with Crippen LogP contribution in [0.25, 0.3) is 0 Å². The zero-order chi connectivity index (χ0) is 13.9. The van der Waals surface area contributed by atoms with Crippen LogP contribution in [0.15, 0.2) is 24.3 Å². The highest BCUT2D eigenvalue weighted by molar-refractivity contribution is 5.83. The summed E-state index contributed by atoms with van der Waals surface area (Å²) < 4.78 is 13.8. The van der Waals surface area contributed by atoms with E-state index in [2.05, 4.69) is 0 Å². The maximum absolute atomic E-state index is 13.8. The molecule has 1 amide bonds. The minimum atomic E-state index is -1.72. The number of halogens is 1. The molecule has 5 heteroatoms. The second-order valence-electron chi connectivity index (χ2n) is 4.46. The molecule has 98 valence electrons. The minimum absolute atomic E-state index is 0.0294. The lowest BCUT2D eigenvalue weighted by molar-refractivity contribution is -0.156. The smallest absolute Gasteiger partial charge is 0.334 e. The molecule has 0 heterocycles. The number of carbonyl (C=O) groups is 2. The lowest BCUT2D eigenvalue weighted by Gasteiger charge is -2.38. The molecule has 1 atom stereocenters. The number of rotatable bonds is 5. The van der Waals surface area contributed by atoms with Gasteiger partial charge in [-0.25, -0.2) is 9.18 Å². The standard InChI is InChI=1S/C13H16FNO3/c1-9(2)15(8-16)13(3,12(17)18)10-6-4-5-7-11(10)14/h4-9H,1-3H3,(H,17,18). The van der Waals surface area contributed by atoms with Gasteiger partial charge in [0.2, 0.25) is 6.41 Å². The van der Waals surface area contributed by atoms with E-state index >= 15 is 0 Å². The molecule has 1 aromatic rings. The average Bonchev–Trinajstić information content (AvgIpc) is 2.29. The first-order chi connectivity index (χ1) is 8.35. The summed E-state index contributed by atoms with van der Waals surface area (Å²) in [6.45, 7) is 4.68. The van der Waals surface area contributed by atoms with Gasteiger partial charge in [-0.3, -0.25) is 4.79 Å². The predicted molar refractivity (Wildman–Crippen MR) is 64.4 cm³/mol. The largest absolute Gasteiger partial charge is 0.479 e. The number of carboxylic acid groups (broad SMARTS) is 1. The quantitative estimate of drug-likeness (QED) is 0.816. The highest BCUT2D eigenvalue weighted by Crippen LogP contribution is 2.31. The van der Waals surface area contributed by atoms with Crippen molar-refractivity contribution in [2.75, 3.05) is 0 Å². The Morgan fingerprint density at radius 3 is 2.39 bits per heavy atom. The first kappa shape index (κ1) is 14.2. The molecular weight excluding hydrogens is 237 g/mol. The molecule has 0 radical (unpaired) electrons. The van der Waals surface area contributed by atoms with E-state index in [1.54, 1.807) is 19.9 Å². The number of benzene rings is 1. The maximum atomic E-state index is 13.8. The van der Waals surface area contributed by atoms with Gasteiger partial charge in [-0.1, -0.05) is 18.2 Å². The summed E-state index contributed by atoms with van der Waals surface area (Å²) in [5.41, 5.74) is -1.75. The molecule has 0 bridgehead atoms. The molecule has 1 unspecified atom stereocenters. The van der Waals surface area contributed by atoms with Gasteiger partial charge < -0.3 is 10.0 Å². The molecule has 0 spiro atoms. The molecule has 4 nitrogen and oxygen atoms in total. The van der Waals surface area contributed by atoms with Crippen molar-refractivity contribution in [1.82, 2.24) is 4.90 Å². The van der Waals surface area contributed by atoms with E-state index in [0.29, 0.717) is 6.41 Å². The molecule has 0 aliphatic heterocycles. The van der Waals surface area contributed by atoms with Crippen LogP contribution in [-0.2, 0) is 15.1 Å². The van der Waals surface area contributed by atoms with Crippen LogP contribution in [0.1, 0.15) is 26.3 Å². The van der Waals surface area contributed by atoms with Crippen molar-refractivity contribution in [2.45, 2.75) is 32.4 Å². The average molecular weight is 253 g/mol. The van der Waals surface area contributed by atoms with Gasteiger partial charge in [0.05, 0.1) is 0 Å². The Morgan fingerprint density at radius 1 is 1.44 bits per heavy atom. The molecule has 0 aromatic heterocycles. The van der Waals surface area contributed by atoms with Gasteiger partial charge in [-0.05, 0) is 26.8 Å². The molecule has 0 saturated carbocycles. The maximum Gasteiger partial charge on any atom is 0.334 e. The fourth-order valence-electron chi connectivity index (χ4n) is 1.96. The van der Waals surface area contributed by atoms with Gasteiger partial charge >= 0.3 is 5.97 Å². The number of aliphatic carboxylic acids is 1. The molecule has 18 heavy (non-hydrogen) atoms. The molecular formula is C13H16FNO3. The van der Waals surface area contributed by atoms with Gasteiger partial charge in [-0.2, -0.15) is 0 Å². The van der Waals surface area contributed by atoms with Crippen molar-refractivity contribution in [1.29, 1.82) is 0 Å². The number of carbonyl (C=O) groups excluding carboxylic acids is 1. The third kappa shape index (κ3) is 2.20. The summed E-state index contributed by atoms with van der Waals surface area (Å²) in [5, 5.41) is 9.39. The Balaban J connectivity index is 3.45. The molecule has 1 rings (SSSR count). The summed E-state index contributed by atoms with van der Waals surface area (Å²) in [4.78, 5) is 23.7. The number of carboxylic acids is 1. The first-order valence-corrected chi connectivity index (χ1v) is 5.57. The third-order valence-corrected chi connectivity index (χ3v) is 3.00. The van der Waals surface area contributed by atoms with Crippen LogP contribution < -0.4 is 0 Å². The van der Waals surface area contributed by atoms with E-state index < -0.39 is 17.3 Å². The van der Waals surface area contributed by atoms with Gasteiger partial charge in [-0.15, -0.1) is 0 Å². The van der Waals surface area contributed by atoms with E-state index in [0.717, 1.165) is 4.90 Å². The molecule has 0 saturated heterocycles. The summed E-state index contributed by atoms with van der Waals surface area (Å²) in [7, 11) is 0. The number of amides is 1. The normalized spacial score (nSPS) is 14.1. The van der Waals surface area contributed by atoms with Crippen molar-refractivity contribution in [3.05, 3.63) is 35.6 Å². The molecule has 0 aliphatic rings. The number of hydrogen-bond acceptors (Lipinski definition) is 2. The first-order valence-electron chi connectivity index (χ1n) is 5.57. The van der Waals surface area contributed by atoms with Crippen molar-refractivity contribution >= 4 is 12.4 Å². The number of nitrogens with zero attached hydrogens (tertiary/aromatic N) is 1. The van der Waals surface area contributed by atoms with Crippen molar-refractivity contribution in [2.24, 2.45) is 0 Å². The van der Waals surface area contributed by atoms with Crippen LogP contribution in [0.2, 0.25) is 0 Å². The zero-order valence-corrected chi connectivity index (χ0v) is 10.6. The van der Waals surface area contributed by atoms with Crippen molar-refractivity contribution < 1.29 is 19.1 Å². The lowest BCUT2D eigenvalue weighted by Crippen LogP contribution is -2.52. The summed E-state index contributed by atoms with van der Waals surface area (Å²) in [6, 6.07) is 5.22. The Hall–Kier alpha value is -1.91. The molecule has 1 aromatic carbocycles. The predicted octanol–water partition coefficient (Wildman–Crippen LogP) is 1.99. The highest BCUT2D eigenvalue weighted by Gasteiger charge is 2.43. The van der Waals surface area contributed by atoms with E-state index in [4.69, 9.17) is 0 Å². The monoisotopic (exact) mass is 253 g/mol. The third-order valence-electron chi connectivity index (χ3n) is 3.00. The summed E-state index contributed by atoms with van der Waals surface area (Å²) in [6.07, 6.45) is 0.436. The van der Waals surface area contributed by atoms with Crippen LogP contribution in [-0.4, -0.2) is 28.4 Å². The molecule has 0 aliphatic carbocycles. The Labute approximate surface area is 105 Å². The van der Waals surface area contributed by atoms with Gasteiger partial charge in [0.15, 0.2) is 5.54 Å². The Morgan fingerprint density at radius 2 is 2.00 bits per heavy atom. The summed E-state index contributed by atoms with van der Waals surface area (Å²) in [5.74, 6) is -1.91. The second kappa shape index (κ2) is 5.16. The van der Waals surface area contributed by atoms with Crippen LogP contribution >= 0.6 is 0 Å². The van der Waals surface area contributed by atoms with Crippen LogP contribution in [0.5, 0.6) is 0 Å². The van der Waals surface area contributed by atoms with Gasteiger partial charge in [0, 0.05) is 11.6 Å². The van der Waals surface area contributed by atoms with E-state index in [-0.39, 0.29) is 11.6 Å². The van der Waals surface area contributed by atoms with E-state index in [1.165, 1.54) is 25.1 Å². The Bertz CT molecular complexity index is 461. The van der Waals surface area contributed by atoms with Crippen molar-refractivity contribution in [3.8, 4) is 0 Å². The molecule has 1 N–H and O–H groups in total. The SMILES string of the molecule is CC(C)N(C=O)C(C)(C(=O)O)c1ccccc1F. The van der Waals surface area contributed by atoms with Crippen molar-refractivity contribution in [3.63, 3.8) is 0 Å². The van der Waals surface area contributed by atoms with E-state index in [1.807, 2.05) is 0 Å². The second-order valence-corrected chi connectivity index (χ2v) is 4.46. The fourth-order valence-corrected chi connectivity index (χ4v) is 1.96. The number of hydrogen-bond donors (Lipinski definition) is 1. The van der Waals surface area contributed by atoms with Crippen LogP contribution in [0.4, 0.5) is 4.39 Å².